The Kier molecular flexibility index (Phi) is 13.4. The van der Waals surface area contributed by atoms with Crippen molar-refractivity contribution < 1.29 is 34.3 Å². The molecule has 50 heavy (non-hydrogen) atoms. The van der Waals surface area contributed by atoms with Crippen LogP contribution >= 0.6 is 0 Å². The molecule has 2 aliphatic heterocycles. The van der Waals surface area contributed by atoms with E-state index >= 15 is 0 Å². The number of aliphatic hydroxyl groups is 1. The van der Waals surface area contributed by atoms with Crippen molar-refractivity contribution in [2.24, 2.45) is 11.8 Å². The molecule has 0 radical (unpaired) electrons. The molecular formula is C43H56O7. The molecule has 2 saturated heterocycles. The van der Waals surface area contributed by atoms with Crippen molar-refractivity contribution in [3.05, 3.63) is 119 Å². The lowest BCUT2D eigenvalue weighted by molar-refractivity contribution is 0.0701. The van der Waals surface area contributed by atoms with Crippen molar-refractivity contribution in [3.63, 3.8) is 0 Å². The molecule has 2 aliphatic rings. The first-order chi connectivity index (χ1) is 23.7. The van der Waals surface area contributed by atoms with Gasteiger partial charge in [-0.2, -0.15) is 0 Å². The third kappa shape index (κ3) is 11.5. The lowest BCUT2D eigenvalue weighted by Gasteiger charge is -2.26. The first-order valence-corrected chi connectivity index (χ1v) is 17.6. The second kappa shape index (κ2) is 17.3. The maximum absolute atomic E-state index is 9.80. The van der Waals surface area contributed by atoms with Gasteiger partial charge in [-0.1, -0.05) is 104 Å². The Bertz CT molecular complexity index is 1570. The molecule has 270 valence electrons. The summed E-state index contributed by atoms with van der Waals surface area (Å²) in [7, 11) is 0. The van der Waals surface area contributed by atoms with Crippen LogP contribution in [0.15, 0.2) is 97.1 Å². The van der Waals surface area contributed by atoms with Crippen molar-refractivity contribution in [2.75, 3.05) is 26.4 Å². The van der Waals surface area contributed by atoms with Crippen LogP contribution < -0.4 is 9.47 Å². The van der Waals surface area contributed by atoms with Crippen LogP contribution in [0, 0.1) is 11.8 Å². The van der Waals surface area contributed by atoms with E-state index in [2.05, 4.69) is 53.7 Å². The second-order valence-electron chi connectivity index (χ2n) is 14.9. The Morgan fingerprint density at radius 3 is 1.26 bits per heavy atom. The Morgan fingerprint density at radius 2 is 0.960 bits per heavy atom. The first-order valence-electron chi connectivity index (χ1n) is 17.6. The number of epoxide rings is 2. The highest BCUT2D eigenvalue weighted by Crippen LogP contribution is 2.34. The molecule has 0 aromatic heterocycles. The van der Waals surface area contributed by atoms with Crippen LogP contribution in [0.2, 0.25) is 0 Å². The van der Waals surface area contributed by atoms with Gasteiger partial charge in [0.15, 0.2) is 0 Å². The minimum Gasteiger partial charge on any atom is -0.508 e. The Hall–Kier alpha value is -4.04. The van der Waals surface area contributed by atoms with Gasteiger partial charge in [0.1, 0.15) is 42.3 Å². The van der Waals surface area contributed by atoms with E-state index in [1.54, 1.807) is 24.3 Å². The molecule has 4 aromatic rings. The number of hydrogen-bond acceptors (Lipinski definition) is 7. The Balaban J connectivity index is 0.000000193. The number of benzene rings is 4. The number of rotatable bonds is 12. The van der Waals surface area contributed by atoms with E-state index < -0.39 is 6.10 Å². The summed E-state index contributed by atoms with van der Waals surface area (Å²) in [5.74, 6) is 3.12. The zero-order valence-corrected chi connectivity index (χ0v) is 30.9. The third-order valence-electron chi connectivity index (χ3n) is 9.46. The molecule has 0 spiro atoms. The minimum absolute atomic E-state index is 0.119. The quantitative estimate of drug-likeness (QED) is 0.128. The first kappa shape index (κ1) is 38.8. The van der Waals surface area contributed by atoms with Crippen LogP contribution in [0.1, 0.15) is 77.6 Å². The number of aromatic hydroxyl groups is 2. The van der Waals surface area contributed by atoms with Crippen LogP contribution in [0.4, 0.5) is 0 Å². The Labute approximate surface area is 298 Å². The average Bonchev–Trinajstić information content (AvgIpc) is 4.02. The summed E-state index contributed by atoms with van der Waals surface area (Å²) >= 11 is 0. The largest absolute Gasteiger partial charge is 0.508 e. The van der Waals surface area contributed by atoms with Crippen molar-refractivity contribution in [2.45, 2.75) is 84.5 Å². The second-order valence-corrected chi connectivity index (χ2v) is 14.9. The molecule has 0 saturated carbocycles. The van der Waals surface area contributed by atoms with E-state index in [-0.39, 0.29) is 28.6 Å². The van der Waals surface area contributed by atoms with Crippen molar-refractivity contribution >= 4 is 0 Å². The van der Waals surface area contributed by atoms with Gasteiger partial charge in [0.05, 0.1) is 25.4 Å². The lowest BCUT2D eigenvalue weighted by atomic mass is 9.78. The molecule has 0 amide bonds. The summed E-state index contributed by atoms with van der Waals surface area (Å²) in [5.41, 5.74) is 4.40. The van der Waals surface area contributed by atoms with Crippen molar-refractivity contribution in [1.82, 2.24) is 0 Å². The zero-order valence-electron chi connectivity index (χ0n) is 30.9. The number of aliphatic hydroxyl groups excluding tert-OH is 1. The molecule has 3 N–H and O–H groups in total. The molecular weight excluding hydrogens is 628 g/mol. The van der Waals surface area contributed by atoms with Crippen molar-refractivity contribution in [1.29, 1.82) is 0 Å². The predicted octanol–water partition coefficient (Wildman–Crippen LogP) is 8.65. The monoisotopic (exact) mass is 684 g/mol. The van der Waals surface area contributed by atoms with Crippen molar-refractivity contribution in [3.8, 4) is 23.0 Å². The lowest BCUT2D eigenvalue weighted by Crippen LogP contribution is -2.23. The summed E-state index contributed by atoms with van der Waals surface area (Å²) < 4.78 is 21.4. The Morgan fingerprint density at radius 1 is 0.600 bits per heavy atom. The third-order valence-corrected chi connectivity index (χ3v) is 9.46. The molecule has 3 atom stereocenters. The fourth-order valence-electron chi connectivity index (χ4n) is 5.19. The highest BCUT2D eigenvalue weighted by atomic mass is 16.6. The van der Waals surface area contributed by atoms with E-state index in [0.29, 0.717) is 25.1 Å². The summed E-state index contributed by atoms with van der Waals surface area (Å²) in [5, 5.41) is 28.6. The van der Waals surface area contributed by atoms with Crippen LogP contribution in [0.25, 0.3) is 0 Å². The van der Waals surface area contributed by atoms with Crippen LogP contribution in [0.5, 0.6) is 23.0 Å². The smallest absolute Gasteiger partial charge is 0.119 e. The summed E-state index contributed by atoms with van der Waals surface area (Å²) in [6.45, 7) is 19.7. The van der Waals surface area contributed by atoms with Gasteiger partial charge in [-0.15, -0.1) is 0 Å². The molecule has 2 heterocycles. The fraction of sp³-hybridized carbons (Fsp3) is 0.442. The molecule has 4 aromatic carbocycles. The van der Waals surface area contributed by atoms with Gasteiger partial charge in [0, 0.05) is 10.8 Å². The van der Waals surface area contributed by atoms with E-state index in [4.69, 9.17) is 18.9 Å². The predicted molar refractivity (Wildman–Crippen MR) is 200 cm³/mol. The van der Waals surface area contributed by atoms with E-state index in [9.17, 15) is 15.3 Å². The van der Waals surface area contributed by atoms with Gasteiger partial charge >= 0.3 is 0 Å². The highest BCUT2D eigenvalue weighted by molar-refractivity contribution is 5.43. The molecule has 0 aliphatic carbocycles. The number of phenols is 2. The molecule has 7 nitrogen and oxygen atoms in total. The van der Waals surface area contributed by atoms with Crippen LogP contribution in [-0.2, 0) is 20.3 Å². The minimum atomic E-state index is -0.455. The van der Waals surface area contributed by atoms with E-state index in [1.165, 1.54) is 16.7 Å². The zero-order chi connectivity index (χ0) is 36.5. The molecule has 2 fully saturated rings. The summed E-state index contributed by atoms with van der Waals surface area (Å²) in [4.78, 5) is 0. The van der Waals surface area contributed by atoms with E-state index in [0.717, 1.165) is 36.2 Å². The van der Waals surface area contributed by atoms with Gasteiger partial charge in [0.25, 0.3) is 0 Å². The van der Waals surface area contributed by atoms with E-state index in [1.807, 2.05) is 74.5 Å². The summed E-state index contributed by atoms with van der Waals surface area (Å²) in [6.07, 6.45) is 0.422. The molecule has 6 rings (SSSR count). The number of phenolic OH excluding ortho intramolecular Hbond substituents is 2. The van der Waals surface area contributed by atoms with Crippen LogP contribution in [-0.4, -0.2) is 60.1 Å². The van der Waals surface area contributed by atoms with Gasteiger partial charge in [-0.25, -0.2) is 0 Å². The van der Waals surface area contributed by atoms with Gasteiger partial charge in [-0.05, 0) is 82.6 Å². The number of hydrogen-bond donors (Lipinski definition) is 3. The van der Waals surface area contributed by atoms with Gasteiger partial charge in [-0.3, -0.25) is 0 Å². The number of ether oxygens (including phenoxy) is 4. The van der Waals surface area contributed by atoms with Gasteiger partial charge < -0.3 is 34.3 Å². The molecule has 0 bridgehead atoms. The summed E-state index contributed by atoms with van der Waals surface area (Å²) in [6, 6.07) is 30.8. The standard InChI is InChI=1S/C20H26O3.C18H20O3.C5H10O/c1-14(2)19(22)13-23-18-11-7-16(8-12-18)20(3,4)15-5-9-17(21)10-6-15;1-18(2,13-3-7-15(19)8-4-13)14-5-9-16(10-6-14)20-11-17-12-21-17;1-4(2)5-3-6-5/h5-12,14,19,21-22H,13H2,1-4H3;3-10,17,19H,11-12H2,1-2H3;4-5H,3H2,1-2H3. The SMILES string of the molecule is CC(C)(c1ccc(O)cc1)c1ccc(OCC2CO2)cc1.CC(C)C(O)COc1ccc(C(C)(C)c2ccc(O)cc2)cc1.CC(C)C1CO1. The maximum Gasteiger partial charge on any atom is 0.119 e. The molecule has 7 heteroatoms. The normalized spacial score (nSPS) is 17.2. The maximum atomic E-state index is 9.80. The topological polar surface area (TPSA) is 104 Å². The van der Waals surface area contributed by atoms with Crippen LogP contribution in [0.3, 0.4) is 0 Å². The average molecular weight is 685 g/mol. The molecule has 3 unspecified atom stereocenters. The highest BCUT2D eigenvalue weighted by Gasteiger charge is 2.26. The van der Waals surface area contributed by atoms with Gasteiger partial charge in [0.2, 0.25) is 0 Å². The fourth-order valence-corrected chi connectivity index (χ4v) is 5.19.